The lowest BCUT2D eigenvalue weighted by molar-refractivity contribution is -0.174. The number of carbonyl (C=O) groups excluding carboxylic acids is 1. The Morgan fingerprint density at radius 3 is 2.85 bits per heavy atom. The van der Waals surface area contributed by atoms with Crippen molar-refractivity contribution in [3.8, 4) is 0 Å². The molecule has 140 valence electrons. The zero-order valence-corrected chi connectivity index (χ0v) is 13.8. The molecule has 1 aliphatic rings. The minimum absolute atomic E-state index is 0.0984. The Hall–Kier alpha value is -3.30. The van der Waals surface area contributed by atoms with Gasteiger partial charge in [-0.2, -0.15) is 18.3 Å². The molecule has 0 bridgehead atoms. The summed E-state index contributed by atoms with van der Waals surface area (Å²) < 4.78 is 46.7. The summed E-state index contributed by atoms with van der Waals surface area (Å²) in [5.41, 5.74) is 0.290. The minimum Gasteiger partial charge on any atom is -0.467 e. The van der Waals surface area contributed by atoms with E-state index in [1.54, 1.807) is 24.3 Å². The van der Waals surface area contributed by atoms with Gasteiger partial charge in [-0.25, -0.2) is 4.68 Å². The van der Waals surface area contributed by atoms with Crippen molar-refractivity contribution in [3.63, 3.8) is 0 Å². The fraction of sp³-hybridized carbons (Fsp3) is 0.235. The van der Waals surface area contributed by atoms with E-state index in [1.165, 1.54) is 24.7 Å². The van der Waals surface area contributed by atoms with Gasteiger partial charge in [0.2, 0.25) is 0 Å². The highest BCUT2D eigenvalue weighted by molar-refractivity contribution is 6.03. The fourth-order valence-electron chi connectivity index (χ4n) is 2.99. The quantitative estimate of drug-likeness (QED) is 0.726. The van der Waals surface area contributed by atoms with Crippen molar-refractivity contribution < 1.29 is 22.4 Å². The Bertz CT molecular complexity index is 937. The van der Waals surface area contributed by atoms with Gasteiger partial charge in [0.1, 0.15) is 11.6 Å². The third kappa shape index (κ3) is 3.37. The summed E-state index contributed by atoms with van der Waals surface area (Å²) in [6, 6.07) is 5.20. The Labute approximate surface area is 151 Å². The summed E-state index contributed by atoms with van der Waals surface area (Å²) in [4.78, 5) is 16.2. The number of aromatic nitrogens is 3. The minimum atomic E-state index is -4.52. The lowest BCUT2D eigenvalue weighted by Gasteiger charge is -2.32. The Morgan fingerprint density at radius 1 is 1.33 bits per heavy atom. The van der Waals surface area contributed by atoms with E-state index in [0.717, 1.165) is 4.68 Å². The summed E-state index contributed by atoms with van der Waals surface area (Å²) in [6.45, 7) is 0. The van der Waals surface area contributed by atoms with E-state index in [9.17, 15) is 18.0 Å². The second kappa shape index (κ2) is 6.45. The van der Waals surface area contributed by atoms with Gasteiger partial charge in [-0.1, -0.05) is 0 Å². The number of rotatable bonds is 3. The Morgan fingerprint density at radius 2 is 2.19 bits per heavy atom. The topological polar surface area (TPSA) is 85.0 Å². The number of nitrogens with one attached hydrogen (secondary N) is 2. The molecule has 0 radical (unpaired) electrons. The van der Waals surface area contributed by atoms with Crippen LogP contribution in [0.5, 0.6) is 0 Å². The SMILES string of the molecule is O=C(Nc1cccnc1)c1cc2n(n1)[C@H](C(F)(F)F)C[C@H](c1ccco1)N2. The van der Waals surface area contributed by atoms with Gasteiger partial charge in [0.05, 0.1) is 24.2 Å². The smallest absolute Gasteiger partial charge is 0.410 e. The van der Waals surface area contributed by atoms with Gasteiger partial charge in [0.15, 0.2) is 11.7 Å². The van der Waals surface area contributed by atoms with Gasteiger partial charge in [-0.3, -0.25) is 9.78 Å². The molecule has 0 saturated carbocycles. The van der Waals surface area contributed by atoms with Gasteiger partial charge < -0.3 is 15.1 Å². The van der Waals surface area contributed by atoms with Gasteiger partial charge >= 0.3 is 6.18 Å². The van der Waals surface area contributed by atoms with Crippen molar-refractivity contribution in [1.29, 1.82) is 0 Å². The number of amides is 1. The highest BCUT2D eigenvalue weighted by atomic mass is 19.4. The molecule has 0 saturated heterocycles. The third-order valence-electron chi connectivity index (χ3n) is 4.23. The van der Waals surface area contributed by atoms with Crippen molar-refractivity contribution in [2.45, 2.75) is 24.7 Å². The second-order valence-electron chi connectivity index (χ2n) is 6.06. The highest BCUT2D eigenvalue weighted by Crippen LogP contribution is 2.43. The number of halogens is 3. The summed E-state index contributed by atoms with van der Waals surface area (Å²) in [7, 11) is 0. The highest BCUT2D eigenvalue weighted by Gasteiger charge is 2.47. The molecule has 3 aromatic heterocycles. The third-order valence-corrected chi connectivity index (χ3v) is 4.23. The van der Waals surface area contributed by atoms with Crippen molar-refractivity contribution in [2.24, 2.45) is 0 Å². The van der Waals surface area contributed by atoms with E-state index in [-0.39, 0.29) is 17.9 Å². The second-order valence-corrected chi connectivity index (χ2v) is 6.06. The van der Waals surface area contributed by atoms with E-state index in [4.69, 9.17) is 4.42 Å². The van der Waals surface area contributed by atoms with Crippen LogP contribution in [-0.2, 0) is 0 Å². The van der Waals surface area contributed by atoms with Gasteiger partial charge in [0.25, 0.3) is 5.91 Å². The lowest BCUT2D eigenvalue weighted by Crippen LogP contribution is -2.35. The van der Waals surface area contributed by atoms with E-state index in [1.807, 2.05) is 0 Å². The number of anilines is 2. The van der Waals surface area contributed by atoms with Crippen molar-refractivity contribution in [3.05, 3.63) is 60.4 Å². The average Bonchev–Trinajstić information content (AvgIpc) is 3.30. The van der Waals surface area contributed by atoms with E-state index >= 15 is 0 Å². The van der Waals surface area contributed by atoms with Crippen LogP contribution >= 0.6 is 0 Å². The number of hydrogen-bond acceptors (Lipinski definition) is 5. The van der Waals surface area contributed by atoms with E-state index in [2.05, 4.69) is 20.7 Å². The van der Waals surface area contributed by atoms with Crippen LogP contribution in [0.2, 0.25) is 0 Å². The predicted octanol–water partition coefficient (Wildman–Crippen LogP) is 3.78. The average molecular weight is 377 g/mol. The first-order valence-corrected chi connectivity index (χ1v) is 8.09. The van der Waals surface area contributed by atoms with E-state index < -0.39 is 24.2 Å². The van der Waals surface area contributed by atoms with Crippen LogP contribution in [0.4, 0.5) is 24.7 Å². The molecule has 2 atom stereocenters. The first-order chi connectivity index (χ1) is 12.9. The van der Waals surface area contributed by atoms with Crippen molar-refractivity contribution >= 4 is 17.4 Å². The molecule has 3 aromatic rings. The van der Waals surface area contributed by atoms with Crippen LogP contribution in [0.25, 0.3) is 0 Å². The molecule has 0 spiro atoms. The molecule has 27 heavy (non-hydrogen) atoms. The van der Waals surface area contributed by atoms with Crippen LogP contribution in [0.3, 0.4) is 0 Å². The first kappa shape index (κ1) is 17.1. The molecule has 1 amide bonds. The van der Waals surface area contributed by atoms with Gasteiger partial charge in [-0.05, 0) is 24.3 Å². The summed E-state index contributed by atoms with van der Waals surface area (Å²) in [5.74, 6) is -0.137. The molecular formula is C17H14F3N5O2. The molecule has 7 nitrogen and oxygen atoms in total. The van der Waals surface area contributed by atoms with Crippen LogP contribution < -0.4 is 10.6 Å². The fourth-order valence-corrected chi connectivity index (χ4v) is 2.99. The lowest BCUT2D eigenvalue weighted by atomic mass is 10.0. The van der Waals surface area contributed by atoms with Crippen LogP contribution in [-0.4, -0.2) is 26.8 Å². The molecule has 4 heterocycles. The molecule has 2 N–H and O–H groups in total. The molecule has 0 fully saturated rings. The zero-order valence-electron chi connectivity index (χ0n) is 13.8. The largest absolute Gasteiger partial charge is 0.467 e. The maximum Gasteiger partial charge on any atom is 0.410 e. The number of nitrogens with zero attached hydrogens (tertiary/aromatic N) is 3. The number of fused-ring (bicyclic) bond motifs is 1. The predicted molar refractivity (Wildman–Crippen MR) is 89.2 cm³/mol. The van der Waals surface area contributed by atoms with Gasteiger partial charge in [0, 0.05) is 18.7 Å². The summed E-state index contributed by atoms with van der Waals surface area (Å²) in [6.07, 6.45) is -0.451. The van der Waals surface area contributed by atoms with Crippen LogP contribution in [0.1, 0.15) is 34.8 Å². The first-order valence-electron chi connectivity index (χ1n) is 8.09. The molecule has 4 rings (SSSR count). The molecule has 10 heteroatoms. The summed E-state index contributed by atoms with van der Waals surface area (Å²) >= 11 is 0. The zero-order chi connectivity index (χ0) is 19.0. The number of hydrogen-bond donors (Lipinski definition) is 2. The standard InChI is InChI=1S/C17H14F3N5O2/c18-17(19,20)14-7-11(13-4-2-6-27-13)23-15-8-12(24-25(14)15)16(26)22-10-3-1-5-21-9-10/h1-6,8-9,11,14,23H,7H2,(H,22,26)/t11-,14+/m1/s1. The maximum atomic E-state index is 13.6. The Kier molecular flexibility index (Phi) is 4.09. The molecule has 0 unspecified atom stereocenters. The van der Waals surface area contributed by atoms with Crippen molar-refractivity contribution in [1.82, 2.24) is 14.8 Å². The van der Waals surface area contributed by atoms with Crippen LogP contribution in [0.15, 0.2) is 53.4 Å². The Balaban J connectivity index is 1.64. The molecule has 0 aromatic carbocycles. The number of furan rings is 1. The molecule has 1 aliphatic heterocycles. The van der Waals surface area contributed by atoms with Crippen LogP contribution in [0, 0.1) is 0 Å². The van der Waals surface area contributed by atoms with Crippen molar-refractivity contribution in [2.75, 3.05) is 10.6 Å². The number of carbonyl (C=O) groups is 1. The molecule has 0 aliphatic carbocycles. The monoisotopic (exact) mass is 377 g/mol. The normalized spacial score (nSPS) is 19.2. The van der Waals surface area contributed by atoms with Gasteiger partial charge in [-0.15, -0.1) is 0 Å². The molecular weight excluding hydrogens is 363 g/mol. The number of alkyl halides is 3. The maximum absolute atomic E-state index is 13.6. The van der Waals surface area contributed by atoms with E-state index in [0.29, 0.717) is 11.4 Å². The summed E-state index contributed by atoms with van der Waals surface area (Å²) in [5, 5.41) is 9.39. The number of pyridine rings is 1.